The molecule has 2 rings (SSSR count). The third-order valence-corrected chi connectivity index (χ3v) is 4.84. The summed E-state index contributed by atoms with van der Waals surface area (Å²) in [5, 5.41) is 2.81. The number of rotatable bonds is 6. The summed E-state index contributed by atoms with van der Waals surface area (Å²) < 4.78 is 10.2. The second kappa shape index (κ2) is 10.3. The molecule has 1 N–H and O–H groups in total. The Morgan fingerprint density at radius 3 is 2.31 bits per heavy atom. The van der Waals surface area contributed by atoms with Crippen LogP contribution in [0.4, 0.5) is 4.79 Å². The summed E-state index contributed by atoms with van der Waals surface area (Å²) in [5.74, 6) is -0.460. The zero-order chi connectivity index (χ0) is 21.4. The van der Waals surface area contributed by atoms with Crippen molar-refractivity contribution in [3.05, 3.63) is 35.9 Å². The van der Waals surface area contributed by atoms with Gasteiger partial charge in [-0.1, -0.05) is 30.3 Å². The number of esters is 1. The molecule has 2 amide bonds. The number of hydrogen-bond donors (Lipinski definition) is 1. The van der Waals surface area contributed by atoms with Crippen LogP contribution < -0.4 is 5.32 Å². The molecular formula is C22H32N2O5. The van der Waals surface area contributed by atoms with E-state index >= 15 is 0 Å². The van der Waals surface area contributed by atoms with Crippen molar-refractivity contribution in [1.82, 2.24) is 10.2 Å². The number of piperidine rings is 1. The van der Waals surface area contributed by atoms with Gasteiger partial charge in [0.15, 0.2) is 0 Å². The second-order valence-electron chi connectivity index (χ2n) is 8.45. The van der Waals surface area contributed by atoms with E-state index in [1.807, 2.05) is 51.1 Å². The van der Waals surface area contributed by atoms with Gasteiger partial charge in [0, 0.05) is 25.9 Å². The third-order valence-electron chi connectivity index (χ3n) is 4.84. The lowest BCUT2D eigenvalue weighted by molar-refractivity contribution is -0.145. The van der Waals surface area contributed by atoms with E-state index in [1.165, 1.54) is 7.11 Å². The first kappa shape index (κ1) is 22.7. The molecule has 1 heterocycles. The molecule has 1 unspecified atom stereocenters. The molecule has 0 spiro atoms. The van der Waals surface area contributed by atoms with Gasteiger partial charge >= 0.3 is 12.1 Å². The Balaban J connectivity index is 1.83. The Morgan fingerprint density at radius 2 is 1.76 bits per heavy atom. The highest BCUT2D eigenvalue weighted by Crippen LogP contribution is 2.22. The quantitative estimate of drug-likeness (QED) is 0.737. The first-order valence-electron chi connectivity index (χ1n) is 10.1. The summed E-state index contributed by atoms with van der Waals surface area (Å²) in [7, 11) is 1.32. The van der Waals surface area contributed by atoms with Gasteiger partial charge in [-0.2, -0.15) is 0 Å². The first-order chi connectivity index (χ1) is 13.7. The molecule has 0 aromatic heterocycles. The molecule has 0 radical (unpaired) electrons. The summed E-state index contributed by atoms with van der Waals surface area (Å²) in [4.78, 5) is 38.4. The Kier molecular flexibility index (Phi) is 8.05. The molecule has 1 aliphatic rings. The van der Waals surface area contributed by atoms with Crippen LogP contribution in [0.5, 0.6) is 0 Å². The molecule has 7 heteroatoms. The number of ether oxygens (including phenoxy) is 2. The molecule has 7 nitrogen and oxygen atoms in total. The molecule has 1 atom stereocenters. The third kappa shape index (κ3) is 7.75. The second-order valence-corrected chi connectivity index (χ2v) is 8.45. The van der Waals surface area contributed by atoms with Crippen molar-refractivity contribution in [2.45, 2.75) is 58.1 Å². The maximum absolute atomic E-state index is 12.5. The highest BCUT2D eigenvalue weighted by atomic mass is 16.6. The molecule has 1 aromatic rings. The van der Waals surface area contributed by atoms with Crippen LogP contribution in [0.25, 0.3) is 0 Å². The number of nitrogens with one attached hydrogen (secondary N) is 1. The molecule has 1 aliphatic heterocycles. The average molecular weight is 405 g/mol. The smallest absolute Gasteiger partial charge is 0.410 e. The molecule has 0 bridgehead atoms. The maximum Gasteiger partial charge on any atom is 0.410 e. The Bertz CT molecular complexity index is 691. The van der Waals surface area contributed by atoms with Gasteiger partial charge in [-0.05, 0) is 45.1 Å². The number of methoxy groups -OCH3 is 1. The minimum absolute atomic E-state index is 0.170. The minimum atomic E-state index is -0.711. The lowest BCUT2D eigenvalue weighted by atomic mass is 9.93. The van der Waals surface area contributed by atoms with Crippen LogP contribution in [0.15, 0.2) is 30.3 Å². The van der Waals surface area contributed by atoms with Gasteiger partial charge < -0.3 is 19.7 Å². The zero-order valence-corrected chi connectivity index (χ0v) is 17.8. The molecule has 0 saturated carbocycles. The fourth-order valence-electron chi connectivity index (χ4n) is 3.35. The molecule has 0 aliphatic carbocycles. The van der Waals surface area contributed by atoms with Crippen molar-refractivity contribution in [3.8, 4) is 0 Å². The van der Waals surface area contributed by atoms with E-state index in [0.717, 1.165) is 18.4 Å². The highest BCUT2D eigenvalue weighted by Gasteiger charge is 2.29. The summed E-state index contributed by atoms with van der Waals surface area (Å²) >= 11 is 0. The van der Waals surface area contributed by atoms with Crippen molar-refractivity contribution in [2.75, 3.05) is 20.2 Å². The first-order valence-corrected chi connectivity index (χ1v) is 10.1. The number of hydrogen-bond acceptors (Lipinski definition) is 5. The lowest BCUT2D eigenvalue weighted by Crippen LogP contribution is -2.45. The number of benzene rings is 1. The van der Waals surface area contributed by atoms with E-state index in [4.69, 9.17) is 9.47 Å². The van der Waals surface area contributed by atoms with E-state index in [-0.39, 0.29) is 17.9 Å². The normalized spacial score (nSPS) is 16.1. The molecular weight excluding hydrogens is 372 g/mol. The SMILES string of the molecule is COC(=O)C(Cc1ccccc1)NC(=O)CC1CCN(C(=O)OC(C)(C)C)CC1. The van der Waals surface area contributed by atoms with E-state index in [2.05, 4.69) is 5.32 Å². The van der Waals surface area contributed by atoms with Crippen LogP contribution >= 0.6 is 0 Å². The number of likely N-dealkylation sites (tertiary alicyclic amines) is 1. The fourth-order valence-corrected chi connectivity index (χ4v) is 3.35. The predicted octanol–water partition coefficient (Wildman–Crippen LogP) is 2.92. The highest BCUT2D eigenvalue weighted by molar-refractivity contribution is 5.84. The topological polar surface area (TPSA) is 84.9 Å². The number of carbonyl (C=O) groups excluding carboxylic acids is 3. The fraction of sp³-hybridized carbons (Fsp3) is 0.591. The van der Waals surface area contributed by atoms with Gasteiger partial charge in [0.2, 0.25) is 5.91 Å². The summed E-state index contributed by atoms with van der Waals surface area (Å²) in [6, 6.07) is 8.80. The van der Waals surface area contributed by atoms with Crippen LogP contribution in [-0.2, 0) is 25.5 Å². The lowest BCUT2D eigenvalue weighted by Gasteiger charge is -2.33. The Morgan fingerprint density at radius 1 is 1.14 bits per heavy atom. The predicted molar refractivity (Wildman–Crippen MR) is 109 cm³/mol. The van der Waals surface area contributed by atoms with E-state index in [9.17, 15) is 14.4 Å². The van der Waals surface area contributed by atoms with Crippen LogP contribution in [0.2, 0.25) is 0 Å². The van der Waals surface area contributed by atoms with Gasteiger partial charge in [-0.3, -0.25) is 4.79 Å². The van der Waals surface area contributed by atoms with Gasteiger partial charge in [-0.25, -0.2) is 9.59 Å². The van der Waals surface area contributed by atoms with Gasteiger partial charge in [0.05, 0.1) is 7.11 Å². The Hall–Kier alpha value is -2.57. The van der Waals surface area contributed by atoms with Crippen molar-refractivity contribution in [1.29, 1.82) is 0 Å². The van der Waals surface area contributed by atoms with Gasteiger partial charge in [0.25, 0.3) is 0 Å². The van der Waals surface area contributed by atoms with E-state index in [0.29, 0.717) is 25.9 Å². The van der Waals surface area contributed by atoms with Crippen molar-refractivity contribution < 1.29 is 23.9 Å². The summed E-state index contributed by atoms with van der Waals surface area (Å²) in [6.07, 6.45) is 1.86. The van der Waals surface area contributed by atoms with Crippen LogP contribution in [0, 0.1) is 5.92 Å². The molecule has 1 aromatic carbocycles. The van der Waals surface area contributed by atoms with Crippen LogP contribution in [-0.4, -0.2) is 54.7 Å². The molecule has 29 heavy (non-hydrogen) atoms. The van der Waals surface area contributed by atoms with Crippen LogP contribution in [0.1, 0.15) is 45.6 Å². The summed E-state index contributed by atoms with van der Waals surface area (Å²) in [5.41, 5.74) is 0.434. The van der Waals surface area contributed by atoms with Crippen molar-refractivity contribution in [2.24, 2.45) is 5.92 Å². The molecule has 1 saturated heterocycles. The average Bonchev–Trinajstić information content (AvgIpc) is 2.67. The van der Waals surface area contributed by atoms with Gasteiger partial charge in [0.1, 0.15) is 11.6 Å². The monoisotopic (exact) mass is 404 g/mol. The Labute approximate surface area is 172 Å². The maximum atomic E-state index is 12.5. The van der Waals surface area contributed by atoms with Crippen LogP contribution in [0.3, 0.4) is 0 Å². The van der Waals surface area contributed by atoms with E-state index < -0.39 is 17.6 Å². The number of amides is 2. The zero-order valence-electron chi connectivity index (χ0n) is 17.8. The largest absolute Gasteiger partial charge is 0.467 e. The van der Waals surface area contributed by atoms with E-state index in [1.54, 1.807) is 4.90 Å². The summed E-state index contributed by atoms with van der Waals surface area (Å²) in [6.45, 7) is 6.66. The van der Waals surface area contributed by atoms with Crippen molar-refractivity contribution >= 4 is 18.0 Å². The van der Waals surface area contributed by atoms with Gasteiger partial charge in [-0.15, -0.1) is 0 Å². The molecule has 1 fully saturated rings. The number of carbonyl (C=O) groups is 3. The minimum Gasteiger partial charge on any atom is -0.467 e. The van der Waals surface area contributed by atoms with Crippen molar-refractivity contribution in [3.63, 3.8) is 0 Å². The standard InChI is InChI=1S/C22H32N2O5/c1-22(2,3)29-21(27)24-12-10-17(11-13-24)15-19(25)23-18(20(26)28-4)14-16-8-6-5-7-9-16/h5-9,17-18H,10-15H2,1-4H3,(H,23,25). The molecule has 160 valence electrons. The number of nitrogens with zero attached hydrogens (tertiary/aromatic N) is 1.